The number of furan rings is 1. The minimum Gasteiger partial charge on any atom is -0.454 e. The monoisotopic (exact) mass is 290 g/mol. The molecule has 0 radical (unpaired) electrons. The van der Waals surface area contributed by atoms with Crippen molar-refractivity contribution in [2.45, 2.75) is 20.0 Å². The zero-order valence-corrected chi connectivity index (χ0v) is 12.2. The smallest absolute Gasteiger partial charge is 0.144 e. The van der Waals surface area contributed by atoms with Crippen molar-refractivity contribution in [3.05, 3.63) is 46.2 Å². The van der Waals surface area contributed by atoms with Gasteiger partial charge in [-0.25, -0.2) is 0 Å². The van der Waals surface area contributed by atoms with Crippen LogP contribution in [0.1, 0.15) is 16.7 Å². The van der Waals surface area contributed by atoms with Crippen LogP contribution in [0.4, 0.5) is 0 Å². The van der Waals surface area contributed by atoms with E-state index < -0.39 is 0 Å². The first-order valence-corrected chi connectivity index (χ1v) is 7.82. The molecule has 1 N–H and O–H groups in total. The number of hydrogen-bond donors (Lipinski definition) is 1. The maximum atomic E-state index is 9.09. The van der Waals surface area contributed by atoms with Gasteiger partial charge in [0.05, 0.1) is 16.4 Å². The first kappa shape index (κ1) is 12.7. The average Bonchev–Trinajstić information content (AvgIpc) is 3.16. The Balaban J connectivity index is 1.90. The van der Waals surface area contributed by atoms with Gasteiger partial charge in [0, 0.05) is 9.75 Å². The van der Waals surface area contributed by atoms with Crippen molar-refractivity contribution in [2.75, 3.05) is 0 Å². The molecule has 0 fully saturated rings. The van der Waals surface area contributed by atoms with E-state index >= 15 is 0 Å². The van der Waals surface area contributed by atoms with Crippen LogP contribution in [0.15, 0.2) is 40.8 Å². The summed E-state index contributed by atoms with van der Waals surface area (Å²) in [6, 6.07) is 12.2. The van der Waals surface area contributed by atoms with Crippen LogP contribution in [-0.4, -0.2) is 5.11 Å². The van der Waals surface area contributed by atoms with Crippen LogP contribution in [0.25, 0.3) is 21.3 Å². The highest BCUT2D eigenvalue weighted by Crippen LogP contribution is 2.35. The molecule has 0 saturated carbocycles. The maximum Gasteiger partial charge on any atom is 0.144 e. The fourth-order valence-corrected chi connectivity index (χ4v) is 3.64. The van der Waals surface area contributed by atoms with Crippen LogP contribution in [0.2, 0.25) is 0 Å². The number of rotatable bonds is 4. The summed E-state index contributed by atoms with van der Waals surface area (Å²) in [6.45, 7) is 2.24. The van der Waals surface area contributed by atoms with E-state index in [2.05, 4.69) is 19.1 Å². The van der Waals surface area contributed by atoms with Gasteiger partial charge in [-0.1, -0.05) is 6.92 Å². The summed E-state index contributed by atoms with van der Waals surface area (Å²) in [7, 11) is 0. The van der Waals surface area contributed by atoms with E-state index in [0.29, 0.717) is 0 Å². The first-order chi connectivity index (χ1) is 9.30. The van der Waals surface area contributed by atoms with E-state index in [1.165, 1.54) is 9.75 Å². The predicted octanol–water partition coefficient (Wildman–Crippen LogP) is 4.79. The second-order valence-corrected chi connectivity index (χ2v) is 6.54. The predicted molar refractivity (Wildman–Crippen MR) is 80.6 cm³/mol. The Bertz CT molecular complexity index is 619. The molecule has 2 nitrogen and oxygen atoms in total. The fourth-order valence-electron chi connectivity index (χ4n) is 1.90. The molecule has 3 aromatic rings. The molecule has 0 unspecified atom stereocenters. The Kier molecular flexibility index (Phi) is 3.55. The molecule has 98 valence electrons. The zero-order valence-electron chi connectivity index (χ0n) is 10.6. The van der Waals surface area contributed by atoms with Crippen molar-refractivity contribution < 1.29 is 9.52 Å². The van der Waals surface area contributed by atoms with E-state index in [4.69, 9.17) is 9.52 Å². The average molecular weight is 290 g/mol. The molecule has 0 aromatic carbocycles. The van der Waals surface area contributed by atoms with Gasteiger partial charge in [-0.15, -0.1) is 22.7 Å². The van der Waals surface area contributed by atoms with Crippen molar-refractivity contribution >= 4 is 22.7 Å². The van der Waals surface area contributed by atoms with Crippen LogP contribution in [-0.2, 0) is 13.0 Å². The molecule has 0 aliphatic rings. The summed E-state index contributed by atoms with van der Waals surface area (Å²) in [5, 5.41) is 9.09. The second kappa shape index (κ2) is 5.33. The third-order valence-corrected chi connectivity index (χ3v) is 5.25. The van der Waals surface area contributed by atoms with E-state index in [9.17, 15) is 0 Å². The number of aliphatic hydroxyl groups excluding tert-OH is 1. The van der Waals surface area contributed by atoms with E-state index in [-0.39, 0.29) is 6.61 Å². The van der Waals surface area contributed by atoms with Gasteiger partial charge in [-0.05, 0) is 42.8 Å². The summed E-state index contributed by atoms with van der Waals surface area (Å²) in [5.41, 5.74) is 0. The highest BCUT2D eigenvalue weighted by Gasteiger charge is 2.10. The molecule has 0 atom stereocenters. The molecule has 0 amide bonds. The first-order valence-electron chi connectivity index (χ1n) is 6.19. The number of hydrogen-bond acceptors (Lipinski definition) is 4. The lowest BCUT2D eigenvalue weighted by atomic mass is 10.3. The lowest BCUT2D eigenvalue weighted by molar-refractivity contribution is 0.285. The number of aryl methyl sites for hydroxylation is 1. The van der Waals surface area contributed by atoms with Crippen LogP contribution in [0.5, 0.6) is 0 Å². The molecule has 0 saturated heterocycles. The quantitative estimate of drug-likeness (QED) is 0.749. The van der Waals surface area contributed by atoms with Crippen molar-refractivity contribution in [1.29, 1.82) is 0 Å². The van der Waals surface area contributed by atoms with E-state index in [1.807, 2.05) is 24.3 Å². The molecular formula is C15H14O2S2. The van der Waals surface area contributed by atoms with Gasteiger partial charge >= 0.3 is 0 Å². The molecule has 4 heteroatoms. The Hall–Kier alpha value is -1.36. The highest BCUT2D eigenvalue weighted by atomic mass is 32.1. The molecule has 0 aliphatic carbocycles. The summed E-state index contributed by atoms with van der Waals surface area (Å²) in [5.74, 6) is 1.78. The van der Waals surface area contributed by atoms with E-state index in [1.54, 1.807) is 22.7 Å². The molecule has 3 rings (SSSR count). The Labute approximate surface area is 120 Å². The van der Waals surface area contributed by atoms with Gasteiger partial charge in [0.15, 0.2) is 0 Å². The highest BCUT2D eigenvalue weighted by molar-refractivity contribution is 7.15. The summed E-state index contributed by atoms with van der Waals surface area (Å²) < 4.78 is 5.91. The lowest BCUT2D eigenvalue weighted by Crippen LogP contribution is -1.70. The minimum absolute atomic E-state index is 0.0863. The van der Waals surface area contributed by atoms with Crippen LogP contribution in [0.3, 0.4) is 0 Å². The van der Waals surface area contributed by atoms with Gasteiger partial charge in [-0.3, -0.25) is 0 Å². The molecule has 0 aliphatic heterocycles. The Morgan fingerprint density at radius 3 is 1.95 bits per heavy atom. The van der Waals surface area contributed by atoms with Crippen molar-refractivity contribution in [2.24, 2.45) is 0 Å². The minimum atomic E-state index is 0.0863. The second-order valence-electron chi connectivity index (χ2n) is 4.21. The van der Waals surface area contributed by atoms with Gasteiger partial charge < -0.3 is 9.52 Å². The van der Waals surface area contributed by atoms with E-state index in [0.717, 1.165) is 27.7 Å². The molecule has 0 spiro atoms. The SMILES string of the molecule is CCc1ccc(-c2ccc(-c3ccc(CO)s3)o2)s1. The molecule has 19 heavy (non-hydrogen) atoms. The fraction of sp³-hybridized carbons (Fsp3) is 0.200. The Morgan fingerprint density at radius 1 is 0.895 bits per heavy atom. The molecule has 3 heterocycles. The summed E-state index contributed by atoms with van der Waals surface area (Å²) in [6.07, 6.45) is 1.06. The van der Waals surface area contributed by atoms with Crippen molar-refractivity contribution in [3.63, 3.8) is 0 Å². The third kappa shape index (κ3) is 2.52. The lowest BCUT2D eigenvalue weighted by Gasteiger charge is -1.92. The third-order valence-electron chi connectivity index (χ3n) is 2.92. The summed E-state index contributed by atoms with van der Waals surface area (Å²) >= 11 is 3.34. The van der Waals surface area contributed by atoms with Crippen LogP contribution < -0.4 is 0 Å². The van der Waals surface area contributed by atoms with Crippen molar-refractivity contribution in [1.82, 2.24) is 0 Å². The van der Waals surface area contributed by atoms with Gasteiger partial charge in [0.25, 0.3) is 0 Å². The maximum absolute atomic E-state index is 9.09. The Morgan fingerprint density at radius 2 is 1.47 bits per heavy atom. The van der Waals surface area contributed by atoms with Gasteiger partial charge in [0.2, 0.25) is 0 Å². The number of thiophene rings is 2. The molecular weight excluding hydrogens is 276 g/mol. The summed E-state index contributed by atoms with van der Waals surface area (Å²) in [4.78, 5) is 4.55. The molecule has 0 bridgehead atoms. The van der Waals surface area contributed by atoms with Gasteiger partial charge in [-0.2, -0.15) is 0 Å². The largest absolute Gasteiger partial charge is 0.454 e. The van der Waals surface area contributed by atoms with Crippen LogP contribution in [0, 0.1) is 0 Å². The number of aliphatic hydroxyl groups is 1. The topological polar surface area (TPSA) is 33.4 Å². The zero-order chi connectivity index (χ0) is 13.2. The standard InChI is InChI=1S/C15H14O2S2/c1-2-10-3-7-14(18-10)12-5-6-13(17-12)15-8-4-11(9-16)19-15/h3-8,16H,2,9H2,1H3. The van der Waals surface area contributed by atoms with Gasteiger partial charge in [0.1, 0.15) is 11.5 Å². The molecule has 3 aromatic heterocycles. The van der Waals surface area contributed by atoms with Crippen LogP contribution >= 0.6 is 22.7 Å². The van der Waals surface area contributed by atoms with Crippen molar-refractivity contribution in [3.8, 4) is 21.3 Å². The normalized spacial score (nSPS) is 11.1.